The molecule has 0 saturated carbocycles. The van der Waals surface area contributed by atoms with Crippen molar-refractivity contribution >= 4 is 11.6 Å². The maximum absolute atomic E-state index is 13.8. The van der Waals surface area contributed by atoms with Crippen molar-refractivity contribution in [1.82, 2.24) is 9.88 Å². The number of pyridine rings is 1. The van der Waals surface area contributed by atoms with Crippen molar-refractivity contribution in [2.24, 2.45) is 0 Å². The van der Waals surface area contributed by atoms with E-state index in [9.17, 15) is 9.18 Å². The number of aryl methyl sites for hydroxylation is 1. The van der Waals surface area contributed by atoms with E-state index in [1.54, 1.807) is 23.1 Å². The van der Waals surface area contributed by atoms with Gasteiger partial charge in [0, 0.05) is 32.0 Å². The van der Waals surface area contributed by atoms with Crippen LogP contribution in [0.5, 0.6) is 0 Å². The normalized spacial score (nSPS) is 17.2. The Balaban J connectivity index is 1.73. The number of aromatic nitrogens is 1. The molecule has 2 heterocycles. The molecule has 1 aromatic heterocycles. The second kappa shape index (κ2) is 7.83. The lowest BCUT2D eigenvalue weighted by molar-refractivity contribution is -0.138. The van der Waals surface area contributed by atoms with Crippen LogP contribution < -0.4 is 4.90 Å². The second-order valence-corrected chi connectivity index (χ2v) is 6.75. The Bertz CT molecular complexity index is 794. The number of hydrogen-bond acceptors (Lipinski definition) is 4. The van der Waals surface area contributed by atoms with Gasteiger partial charge >= 0.3 is 0 Å². The molecule has 1 aromatic carbocycles. The van der Waals surface area contributed by atoms with Gasteiger partial charge in [-0.25, -0.2) is 4.39 Å². The number of halogens is 1. The molecule has 0 aliphatic carbocycles. The number of benzene rings is 1. The third kappa shape index (κ3) is 4.19. The molecular weight excluding hydrogens is 333 g/mol. The molecule has 2 aromatic rings. The highest BCUT2D eigenvalue weighted by Crippen LogP contribution is 2.25. The third-order valence-electron chi connectivity index (χ3n) is 4.52. The molecule has 0 radical (unpaired) electrons. The standard InChI is InChI=1S/C20H24FN3O2/c1-14-10-16(23(2)3)12-18(22-14)19-13-24(8-9-26-19)20(25)11-15-6-4-5-7-17(15)21/h4-7,10,12,19H,8-9,11,13H2,1-3H3/t19-/m1/s1. The van der Waals surface area contributed by atoms with E-state index < -0.39 is 0 Å². The van der Waals surface area contributed by atoms with Crippen molar-refractivity contribution in [3.8, 4) is 0 Å². The molecule has 0 unspecified atom stereocenters. The Morgan fingerprint density at radius 3 is 2.85 bits per heavy atom. The maximum atomic E-state index is 13.8. The predicted molar refractivity (Wildman–Crippen MR) is 98.7 cm³/mol. The fourth-order valence-electron chi connectivity index (χ4n) is 3.07. The molecule has 5 nitrogen and oxygen atoms in total. The SMILES string of the molecule is Cc1cc(N(C)C)cc([C@H]2CN(C(=O)Cc3ccccc3F)CCO2)n1. The molecule has 1 aliphatic heterocycles. The molecule has 138 valence electrons. The predicted octanol–water partition coefficient (Wildman–Crippen LogP) is 2.74. The average Bonchev–Trinajstić information content (AvgIpc) is 2.63. The first-order valence-electron chi connectivity index (χ1n) is 8.72. The zero-order valence-corrected chi connectivity index (χ0v) is 15.4. The molecule has 26 heavy (non-hydrogen) atoms. The van der Waals surface area contributed by atoms with Crippen LogP contribution in [-0.2, 0) is 16.0 Å². The van der Waals surface area contributed by atoms with E-state index in [0.29, 0.717) is 25.3 Å². The quantitative estimate of drug-likeness (QED) is 0.844. The first-order chi connectivity index (χ1) is 12.4. The van der Waals surface area contributed by atoms with Crippen LogP contribution in [0.3, 0.4) is 0 Å². The zero-order valence-electron chi connectivity index (χ0n) is 15.4. The van der Waals surface area contributed by atoms with Crippen molar-refractivity contribution in [1.29, 1.82) is 0 Å². The summed E-state index contributed by atoms with van der Waals surface area (Å²) in [4.78, 5) is 20.9. The fourth-order valence-corrected chi connectivity index (χ4v) is 3.07. The van der Waals surface area contributed by atoms with Crippen molar-refractivity contribution in [3.05, 3.63) is 59.2 Å². The number of rotatable bonds is 4. The van der Waals surface area contributed by atoms with Gasteiger partial charge in [0.1, 0.15) is 11.9 Å². The van der Waals surface area contributed by atoms with Crippen LogP contribution in [0.15, 0.2) is 36.4 Å². The van der Waals surface area contributed by atoms with E-state index >= 15 is 0 Å². The van der Waals surface area contributed by atoms with Gasteiger partial charge in [-0.05, 0) is 30.7 Å². The van der Waals surface area contributed by atoms with Gasteiger partial charge in [-0.3, -0.25) is 9.78 Å². The third-order valence-corrected chi connectivity index (χ3v) is 4.52. The molecule has 0 N–H and O–H groups in total. The summed E-state index contributed by atoms with van der Waals surface area (Å²) in [5, 5.41) is 0. The highest BCUT2D eigenvalue weighted by molar-refractivity contribution is 5.79. The lowest BCUT2D eigenvalue weighted by atomic mass is 10.1. The van der Waals surface area contributed by atoms with Gasteiger partial charge in [0.2, 0.25) is 5.91 Å². The topological polar surface area (TPSA) is 45.7 Å². The Labute approximate surface area is 153 Å². The van der Waals surface area contributed by atoms with Crippen molar-refractivity contribution in [2.45, 2.75) is 19.4 Å². The highest BCUT2D eigenvalue weighted by atomic mass is 19.1. The van der Waals surface area contributed by atoms with Gasteiger partial charge in [0.05, 0.1) is 25.3 Å². The van der Waals surface area contributed by atoms with Gasteiger partial charge in [0.15, 0.2) is 0 Å². The van der Waals surface area contributed by atoms with E-state index in [1.807, 2.05) is 38.1 Å². The van der Waals surface area contributed by atoms with Crippen LogP contribution >= 0.6 is 0 Å². The Hall–Kier alpha value is -2.47. The lowest BCUT2D eigenvalue weighted by Gasteiger charge is -2.33. The van der Waals surface area contributed by atoms with Crippen LogP contribution in [0.4, 0.5) is 10.1 Å². The average molecular weight is 357 g/mol. The van der Waals surface area contributed by atoms with E-state index in [0.717, 1.165) is 17.1 Å². The molecule has 1 atom stereocenters. The smallest absolute Gasteiger partial charge is 0.227 e. The monoisotopic (exact) mass is 357 g/mol. The van der Waals surface area contributed by atoms with E-state index in [1.165, 1.54) is 6.07 Å². The summed E-state index contributed by atoms with van der Waals surface area (Å²) in [6.45, 7) is 3.33. The summed E-state index contributed by atoms with van der Waals surface area (Å²) in [6.07, 6.45) is -0.212. The molecule has 3 rings (SSSR count). The van der Waals surface area contributed by atoms with E-state index in [2.05, 4.69) is 4.98 Å². The van der Waals surface area contributed by atoms with E-state index in [-0.39, 0.29) is 24.2 Å². The minimum absolute atomic E-state index is 0.0591. The largest absolute Gasteiger partial charge is 0.378 e. The maximum Gasteiger partial charge on any atom is 0.227 e. The van der Waals surface area contributed by atoms with Gasteiger partial charge in [-0.15, -0.1) is 0 Å². The first-order valence-corrected chi connectivity index (χ1v) is 8.72. The summed E-state index contributed by atoms with van der Waals surface area (Å²) in [7, 11) is 3.95. The van der Waals surface area contributed by atoms with Crippen molar-refractivity contribution in [3.63, 3.8) is 0 Å². The van der Waals surface area contributed by atoms with Crippen LogP contribution in [0.25, 0.3) is 0 Å². The Morgan fingerprint density at radius 1 is 1.35 bits per heavy atom. The number of nitrogens with zero attached hydrogens (tertiary/aromatic N) is 3. The number of hydrogen-bond donors (Lipinski definition) is 0. The van der Waals surface area contributed by atoms with Crippen LogP contribution in [0, 0.1) is 12.7 Å². The minimum atomic E-state index is -0.346. The number of carbonyl (C=O) groups excluding carboxylic acids is 1. The number of amides is 1. The van der Waals surface area contributed by atoms with Crippen LogP contribution in [0.2, 0.25) is 0 Å². The fraction of sp³-hybridized carbons (Fsp3) is 0.400. The summed E-state index contributed by atoms with van der Waals surface area (Å²) < 4.78 is 19.7. The number of ether oxygens (including phenoxy) is 1. The molecular formula is C20H24FN3O2. The molecule has 1 aliphatic rings. The van der Waals surface area contributed by atoms with Crippen molar-refractivity contribution in [2.75, 3.05) is 38.7 Å². The zero-order chi connectivity index (χ0) is 18.7. The summed E-state index contributed by atoms with van der Waals surface area (Å²) >= 11 is 0. The lowest BCUT2D eigenvalue weighted by Crippen LogP contribution is -2.43. The molecule has 1 amide bonds. The molecule has 1 saturated heterocycles. The minimum Gasteiger partial charge on any atom is -0.378 e. The van der Waals surface area contributed by atoms with Crippen LogP contribution in [0.1, 0.15) is 23.1 Å². The van der Waals surface area contributed by atoms with Gasteiger partial charge in [-0.2, -0.15) is 0 Å². The number of anilines is 1. The van der Waals surface area contributed by atoms with Gasteiger partial charge in [0.25, 0.3) is 0 Å². The number of morpholine rings is 1. The first kappa shape index (κ1) is 18.3. The van der Waals surface area contributed by atoms with Gasteiger partial charge in [-0.1, -0.05) is 18.2 Å². The molecule has 6 heteroatoms. The van der Waals surface area contributed by atoms with Crippen LogP contribution in [-0.4, -0.2) is 49.6 Å². The molecule has 0 spiro atoms. The molecule has 1 fully saturated rings. The van der Waals surface area contributed by atoms with E-state index in [4.69, 9.17) is 4.74 Å². The van der Waals surface area contributed by atoms with Gasteiger partial charge < -0.3 is 14.5 Å². The van der Waals surface area contributed by atoms with Crippen molar-refractivity contribution < 1.29 is 13.9 Å². The molecule has 0 bridgehead atoms. The second-order valence-electron chi connectivity index (χ2n) is 6.75. The Morgan fingerprint density at radius 2 is 2.12 bits per heavy atom. The summed E-state index contributed by atoms with van der Waals surface area (Å²) in [5.41, 5.74) is 3.19. The summed E-state index contributed by atoms with van der Waals surface area (Å²) in [5.74, 6) is -0.439. The summed E-state index contributed by atoms with van der Waals surface area (Å²) in [6, 6.07) is 10.4. The Kier molecular flexibility index (Phi) is 5.52. The number of carbonyl (C=O) groups is 1. The highest BCUT2D eigenvalue weighted by Gasteiger charge is 2.27.